The van der Waals surface area contributed by atoms with Crippen LogP contribution in [0.15, 0.2) is 12.7 Å². The molecule has 0 radical (unpaired) electrons. The van der Waals surface area contributed by atoms with Crippen LogP contribution >= 0.6 is 0 Å². The van der Waals surface area contributed by atoms with Crippen molar-refractivity contribution in [1.82, 2.24) is 0 Å². The van der Waals surface area contributed by atoms with Gasteiger partial charge in [-0.1, -0.05) is 13.5 Å². The molecular weight excluding hydrogens is 156 g/mol. The molecule has 0 amide bonds. The fourth-order valence-electron chi connectivity index (χ4n) is 0.801. The third kappa shape index (κ3) is 3.64. The zero-order chi connectivity index (χ0) is 9.72. The van der Waals surface area contributed by atoms with E-state index in [2.05, 4.69) is 6.58 Å². The minimum atomic E-state index is -1.02. The van der Waals surface area contributed by atoms with Crippen molar-refractivity contribution < 1.29 is 15.0 Å². The second-order valence-corrected chi connectivity index (χ2v) is 3.08. The van der Waals surface area contributed by atoms with Crippen LogP contribution in [0.3, 0.4) is 0 Å². The Balaban J connectivity index is 3.91. The van der Waals surface area contributed by atoms with Crippen LogP contribution in [0.25, 0.3) is 0 Å². The molecule has 0 saturated heterocycles. The molecule has 0 aliphatic rings. The first-order valence-corrected chi connectivity index (χ1v) is 4.01. The number of carbonyl (C=O) groups is 1. The quantitative estimate of drug-likeness (QED) is 0.594. The molecule has 2 N–H and O–H groups in total. The van der Waals surface area contributed by atoms with Gasteiger partial charge in [-0.25, -0.2) is 0 Å². The van der Waals surface area contributed by atoms with Crippen LogP contribution in [0.1, 0.15) is 20.3 Å². The van der Waals surface area contributed by atoms with E-state index in [0.717, 1.165) is 6.08 Å². The van der Waals surface area contributed by atoms with Crippen molar-refractivity contribution in [2.45, 2.75) is 32.5 Å². The predicted octanol–water partition coefficient (Wildman–Crippen LogP) is 0.509. The molecule has 0 aliphatic carbocycles. The average Bonchev–Trinajstić information content (AvgIpc) is 2.02. The molecule has 0 aromatic heterocycles. The second kappa shape index (κ2) is 5.06. The van der Waals surface area contributed by atoms with Gasteiger partial charge >= 0.3 is 0 Å². The van der Waals surface area contributed by atoms with Crippen molar-refractivity contribution >= 4 is 5.78 Å². The fourth-order valence-corrected chi connectivity index (χ4v) is 0.801. The summed E-state index contributed by atoms with van der Waals surface area (Å²) in [4.78, 5) is 10.8. The Morgan fingerprint density at radius 1 is 1.50 bits per heavy atom. The molecule has 0 aromatic rings. The minimum Gasteiger partial charge on any atom is -0.393 e. The van der Waals surface area contributed by atoms with E-state index in [4.69, 9.17) is 5.11 Å². The third-order valence-corrected chi connectivity index (χ3v) is 1.95. The van der Waals surface area contributed by atoms with Crippen LogP contribution in [-0.4, -0.2) is 28.2 Å². The molecule has 0 rings (SSSR count). The Kier molecular flexibility index (Phi) is 4.78. The standard InChI is InChI=1S/C9H16O3/c1-4-8(11)9(12)5-6(2)7(3)10/h4,6-7,9-10,12H,1,5H2,2-3H3. The predicted molar refractivity (Wildman–Crippen MR) is 46.7 cm³/mol. The summed E-state index contributed by atoms with van der Waals surface area (Å²) in [6.07, 6.45) is -0.147. The summed E-state index contributed by atoms with van der Waals surface area (Å²) in [5, 5.41) is 18.3. The van der Waals surface area contributed by atoms with Crippen molar-refractivity contribution in [3.05, 3.63) is 12.7 Å². The zero-order valence-electron chi connectivity index (χ0n) is 7.53. The number of ketones is 1. The van der Waals surface area contributed by atoms with Gasteiger partial charge < -0.3 is 10.2 Å². The van der Waals surface area contributed by atoms with Crippen molar-refractivity contribution in [2.75, 3.05) is 0 Å². The maximum atomic E-state index is 10.8. The van der Waals surface area contributed by atoms with Gasteiger partial charge in [-0.3, -0.25) is 4.79 Å². The lowest BCUT2D eigenvalue weighted by atomic mass is 9.97. The van der Waals surface area contributed by atoms with E-state index in [9.17, 15) is 9.90 Å². The van der Waals surface area contributed by atoms with E-state index in [1.807, 2.05) is 0 Å². The molecule has 3 nitrogen and oxygen atoms in total. The van der Waals surface area contributed by atoms with Gasteiger partial charge in [0.15, 0.2) is 5.78 Å². The number of rotatable bonds is 5. The van der Waals surface area contributed by atoms with Gasteiger partial charge in [-0.05, 0) is 25.3 Å². The highest BCUT2D eigenvalue weighted by molar-refractivity contribution is 5.92. The molecule has 3 atom stereocenters. The third-order valence-electron chi connectivity index (χ3n) is 1.95. The molecule has 0 aliphatic heterocycles. The number of hydrogen-bond donors (Lipinski definition) is 2. The summed E-state index contributed by atoms with van der Waals surface area (Å²) in [6.45, 7) is 6.68. The first kappa shape index (κ1) is 11.3. The molecule has 0 saturated carbocycles. The summed E-state index contributed by atoms with van der Waals surface area (Å²) >= 11 is 0. The van der Waals surface area contributed by atoms with Gasteiger partial charge in [0, 0.05) is 0 Å². The maximum absolute atomic E-state index is 10.8. The van der Waals surface area contributed by atoms with Gasteiger partial charge in [0.05, 0.1) is 6.10 Å². The smallest absolute Gasteiger partial charge is 0.183 e. The van der Waals surface area contributed by atoms with Gasteiger partial charge in [-0.2, -0.15) is 0 Å². The van der Waals surface area contributed by atoms with Crippen molar-refractivity contribution in [3.63, 3.8) is 0 Å². The molecule has 70 valence electrons. The zero-order valence-corrected chi connectivity index (χ0v) is 7.53. The molecule has 0 spiro atoms. The van der Waals surface area contributed by atoms with Gasteiger partial charge in [-0.15, -0.1) is 0 Å². The van der Waals surface area contributed by atoms with E-state index in [0.29, 0.717) is 0 Å². The first-order valence-electron chi connectivity index (χ1n) is 4.01. The number of aliphatic hydroxyl groups excluding tert-OH is 2. The van der Waals surface area contributed by atoms with Crippen LogP contribution in [0, 0.1) is 5.92 Å². The van der Waals surface area contributed by atoms with E-state index in [1.54, 1.807) is 13.8 Å². The van der Waals surface area contributed by atoms with Crippen LogP contribution in [0.4, 0.5) is 0 Å². The van der Waals surface area contributed by atoms with Crippen LogP contribution in [-0.2, 0) is 4.79 Å². The van der Waals surface area contributed by atoms with Crippen molar-refractivity contribution in [1.29, 1.82) is 0 Å². The fraction of sp³-hybridized carbons (Fsp3) is 0.667. The van der Waals surface area contributed by atoms with Crippen molar-refractivity contribution in [3.8, 4) is 0 Å². The summed E-state index contributed by atoms with van der Waals surface area (Å²) in [5.74, 6) is -0.466. The van der Waals surface area contributed by atoms with E-state index < -0.39 is 12.2 Å². The molecule has 12 heavy (non-hydrogen) atoms. The molecular formula is C9H16O3. The Bertz CT molecular complexity index is 163. The van der Waals surface area contributed by atoms with Crippen LogP contribution < -0.4 is 0 Å². The topological polar surface area (TPSA) is 57.5 Å². The van der Waals surface area contributed by atoms with Crippen molar-refractivity contribution in [2.24, 2.45) is 5.92 Å². The van der Waals surface area contributed by atoms with E-state index in [1.165, 1.54) is 0 Å². The highest BCUT2D eigenvalue weighted by Crippen LogP contribution is 2.11. The Hall–Kier alpha value is -0.670. The molecule has 3 heteroatoms. The Morgan fingerprint density at radius 3 is 2.33 bits per heavy atom. The lowest BCUT2D eigenvalue weighted by molar-refractivity contribution is -0.123. The summed E-state index contributed by atoms with van der Waals surface area (Å²) in [5.41, 5.74) is 0. The summed E-state index contributed by atoms with van der Waals surface area (Å²) in [6, 6.07) is 0. The molecule has 0 heterocycles. The SMILES string of the molecule is C=CC(=O)C(O)CC(C)C(C)O. The lowest BCUT2D eigenvalue weighted by Gasteiger charge is -2.16. The second-order valence-electron chi connectivity index (χ2n) is 3.08. The van der Waals surface area contributed by atoms with Crippen LogP contribution in [0.2, 0.25) is 0 Å². The molecule has 0 fully saturated rings. The highest BCUT2D eigenvalue weighted by atomic mass is 16.3. The lowest BCUT2D eigenvalue weighted by Crippen LogP contribution is -2.25. The van der Waals surface area contributed by atoms with Gasteiger partial charge in [0.1, 0.15) is 6.10 Å². The monoisotopic (exact) mass is 172 g/mol. The number of aliphatic hydroxyl groups is 2. The molecule has 0 aromatic carbocycles. The highest BCUT2D eigenvalue weighted by Gasteiger charge is 2.18. The van der Waals surface area contributed by atoms with Gasteiger partial charge in [0.25, 0.3) is 0 Å². The van der Waals surface area contributed by atoms with Gasteiger partial charge in [0.2, 0.25) is 0 Å². The van der Waals surface area contributed by atoms with Crippen LogP contribution in [0.5, 0.6) is 0 Å². The van der Waals surface area contributed by atoms with E-state index in [-0.39, 0.29) is 18.1 Å². The average molecular weight is 172 g/mol. The number of carbonyl (C=O) groups excluding carboxylic acids is 1. The Labute approximate surface area is 72.7 Å². The molecule has 3 unspecified atom stereocenters. The normalized spacial score (nSPS) is 18.0. The summed E-state index contributed by atoms with van der Waals surface area (Å²) in [7, 11) is 0. The molecule has 0 bridgehead atoms. The number of hydrogen-bond acceptors (Lipinski definition) is 3. The minimum absolute atomic E-state index is 0.0797. The maximum Gasteiger partial charge on any atom is 0.183 e. The van der Waals surface area contributed by atoms with E-state index >= 15 is 0 Å². The summed E-state index contributed by atoms with van der Waals surface area (Å²) < 4.78 is 0. The Morgan fingerprint density at radius 2 is 2.00 bits per heavy atom. The first-order chi connectivity index (χ1) is 5.49. The largest absolute Gasteiger partial charge is 0.393 e.